The van der Waals surface area contributed by atoms with Crippen molar-refractivity contribution in [1.82, 2.24) is 0 Å². The van der Waals surface area contributed by atoms with E-state index in [1.807, 2.05) is 0 Å². The van der Waals surface area contributed by atoms with Crippen molar-refractivity contribution in [3.05, 3.63) is 6.17 Å². The van der Waals surface area contributed by atoms with E-state index >= 15 is 0 Å². The Morgan fingerprint density at radius 1 is 0.552 bits per heavy atom. The molecule has 0 aromatic carbocycles. The highest BCUT2D eigenvalue weighted by Crippen LogP contribution is 2.21. The molecule has 0 aromatic heterocycles. The van der Waals surface area contributed by atoms with Crippen LogP contribution in [0.1, 0.15) is 149 Å². The van der Waals surface area contributed by atoms with Gasteiger partial charge in [0.05, 0.1) is 6.42 Å². The monoisotopic (exact) mass is 403 g/mol. The van der Waals surface area contributed by atoms with Crippen LogP contribution in [-0.4, -0.2) is 12.4 Å². The van der Waals surface area contributed by atoms with E-state index in [9.17, 15) is 0 Å². The smallest absolute Gasteiger partial charge is 0.0968 e. The Bertz CT molecular complexity index is 376. The largest absolute Gasteiger partial charge is 0.240 e. The first-order valence-electron chi connectivity index (χ1n) is 13.3. The molecule has 0 saturated carbocycles. The summed E-state index contributed by atoms with van der Waals surface area (Å²) in [5.41, 5.74) is 0. The van der Waals surface area contributed by atoms with E-state index in [1.165, 1.54) is 128 Å². The minimum absolute atomic E-state index is 0.891. The van der Waals surface area contributed by atoms with Crippen molar-refractivity contribution in [2.24, 2.45) is 15.9 Å². The van der Waals surface area contributed by atoms with Gasteiger partial charge in [-0.15, -0.1) is 0 Å². The summed E-state index contributed by atoms with van der Waals surface area (Å²) < 4.78 is 0. The summed E-state index contributed by atoms with van der Waals surface area (Å²) in [5.74, 6) is 0.891. The molecule has 0 aromatic rings. The highest BCUT2D eigenvalue weighted by atomic mass is 15.0. The first-order chi connectivity index (χ1) is 14.3. The van der Waals surface area contributed by atoms with Crippen LogP contribution in [0.2, 0.25) is 0 Å². The molecule has 0 radical (unpaired) electrons. The minimum atomic E-state index is 0.891. The fraction of sp³-hybridized carbons (Fsp3) is 0.889. The van der Waals surface area contributed by atoms with Crippen molar-refractivity contribution in [3.8, 4) is 0 Å². The van der Waals surface area contributed by atoms with E-state index in [0.29, 0.717) is 0 Å². The quantitative estimate of drug-likeness (QED) is 0.127. The molecule has 1 heterocycles. The molecule has 0 spiro atoms. The maximum Gasteiger partial charge on any atom is 0.240 e. The summed E-state index contributed by atoms with van der Waals surface area (Å²) in [6, 6.07) is 0. The van der Waals surface area contributed by atoms with Gasteiger partial charge in [0.25, 0.3) is 0 Å². The van der Waals surface area contributed by atoms with Gasteiger partial charge in [-0.25, -0.2) is 0 Å². The number of unbranched alkanes of at least 4 members (excludes halogenated alkanes) is 16. The third kappa shape index (κ3) is 17.8. The Balaban J connectivity index is 1.70. The molecule has 0 N–H and O–H groups in total. The van der Waals surface area contributed by atoms with E-state index in [1.54, 1.807) is 12.4 Å². The maximum atomic E-state index is 4.25. The van der Waals surface area contributed by atoms with E-state index in [-0.39, 0.29) is 0 Å². The summed E-state index contributed by atoms with van der Waals surface area (Å²) >= 11 is 0. The first kappa shape index (κ1) is 26.2. The summed E-state index contributed by atoms with van der Waals surface area (Å²) in [5, 5.41) is 0. The topological polar surface area (TPSA) is 24.7 Å². The summed E-state index contributed by atoms with van der Waals surface area (Å²) in [4.78, 5) is 8.49. The van der Waals surface area contributed by atoms with Gasteiger partial charge in [0.2, 0.25) is 6.17 Å². The van der Waals surface area contributed by atoms with Gasteiger partial charge < -0.3 is 0 Å². The Morgan fingerprint density at radius 3 is 1.38 bits per heavy atom. The lowest BCUT2D eigenvalue weighted by atomic mass is 9.96. The molecule has 1 aliphatic heterocycles. The van der Waals surface area contributed by atoms with Crippen LogP contribution in [0.5, 0.6) is 0 Å². The summed E-state index contributed by atoms with van der Waals surface area (Å²) in [6.45, 7) is 4.73. The molecule has 1 rings (SSSR count). The van der Waals surface area contributed by atoms with Crippen molar-refractivity contribution in [2.45, 2.75) is 149 Å². The zero-order valence-corrected chi connectivity index (χ0v) is 20.0. The predicted molar refractivity (Wildman–Crippen MR) is 132 cm³/mol. The van der Waals surface area contributed by atoms with Crippen LogP contribution in [0.4, 0.5) is 0 Å². The van der Waals surface area contributed by atoms with Crippen LogP contribution in [-0.2, 0) is 0 Å². The average Bonchev–Trinajstić information content (AvgIpc) is 3.24. The Morgan fingerprint density at radius 2 is 0.931 bits per heavy atom. The van der Waals surface area contributed by atoms with Crippen molar-refractivity contribution < 1.29 is 0 Å². The molecule has 168 valence electrons. The standard InChI is InChI=1S/C27H51N2/c1-3-4-5-6-7-8-9-10-11-12-13-14-15-16-17-18-21-26(2)22-19-20-23-27-28-24-25-29-27/h24-26H,3-23H2,1-2H3/q+1. The molecule has 0 amide bonds. The number of hydrogen-bond acceptors (Lipinski definition) is 2. The maximum absolute atomic E-state index is 4.25. The van der Waals surface area contributed by atoms with Gasteiger partial charge in [-0.2, -0.15) is 0 Å². The van der Waals surface area contributed by atoms with Gasteiger partial charge in [-0.1, -0.05) is 146 Å². The third-order valence-electron chi connectivity index (χ3n) is 6.41. The van der Waals surface area contributed by atoms with Gasteiger partial charge in [-0.05, 0) is 12.3 Å². The second kappa shape index (κ2) is 20.5. The molecular formula is C27H51N2+. The SMILES string of the molecule is CCCCCCCCCCCCCCCCCCC(C)CCCC[C+]1N=CC=N1. The Labute approximate surface area is 183 Å². The Kier molecular flexibility index (Phi) is 18.5. The molecule has 2 heteroatoms. The molecule has 2 nitrogen and oxygen atoms in total. The molecule has 0 saturated heterocycles. The lowest BCUT2D eigenvalue weighted by Crippen LogP contribution is -1.96. The second-order valence-corrected chi connectivity index (χ2v) is 9.42. The highest BCUT2D eigenvalue weighted by Gasteiger charge is 2.14. The van der Waals surface area contributed by atoms with Crippen LogP contribution in [0.3, 0.4) is 0 Å². The first-order valence-corrected chi connectivity index (χ1v) is 13.3. The predicted octanol–water partition coefficient (Wildman–Crippen LogP) is 9.48. The third-order valence-corrected chi connectivity index (χ3v) is 6.41. The number of aliphatic imine (C=N–C) groups is 2. The number of hydrogen-bond donors (Lipinski definition) is 0. The second-order valence-electron chi connectivity index (χ2n) is 9.42. The molecule has 0 fully saturated rings. The van der Waals surface area contributed by atoms with Crippen molar-refractivity contribution >= 4 is 12.4 Å². The van der Waals surface area contributed by atoms with Gasteiger partial charge in [0.1, 0.15) is 0 Å². The van der Waals surface area contributed by atoms with Crippen LogP contribution < -0.4 is 0 Å². The Hall–Kier alpha value is -0.790. The fourth-order valence-electron chi connectivity index (χ4n) is 4.36. The lowest BCUT2D eigenvalue weighted by molar-refractivity contribution is 0.434. The summed E-state index contributed by atoms with van der Waals surface area (Å²) in [7, 11) is 0. The summed E-state index contributed by atoms with van der Waals surface area (Å²) in [6.07, 6.45) is 34.4. The zero-order valence-electron chi connectivity index (χ0n) is 20.0. The number of nitrogens with zero attached hydrogens (tertiary/aromatic N) is 2. The van der Waals surface area contributed by atoms with E-state index < -0.39 is 0 Å². The average molecular weight is 404 g/mol. The normalized spacial score (nSPS) is 14.2. The van der Waals surface area contributed by atoms with Crippen molar-refractivity contribution in [3.63, 3.8) is 0 Å². The molecule has 0 aliphatic carbocycles. The van der Waals surface area contributed by atoms with Crippen molar-refractivity contribution in [2.75, 3.05) is 0 Å². The molecule has 1 unspecified atom stereocenters. The van der Waals surface area contributed by atoms with E-state index in [0.717, 1.165) is 18.5 Å². The van der Waals surface area contributed by atoms with Crippen LogP contribution in [0.15, 0.2) is 9.98 Å². The van der Waals surface area contributed by atoms with Crippen LogP contribution in [0.25, 0.3) is 0 Å². The molecule has 1 atom stereocenters. The molecular weight excluding hydrogens is 352 g/mol. The fourth-order valence-corrected chi connectivity index (χ4v) is 4.36. The lowest BCUT2D eigenvalue weighted by Gasteiger charge is -2.10. The molecule has 0 bridgehead atoms. The van der Waals surface area contributed by atoms with E-state index in [4.69, 9.17) is 0 Å². The van der Waals surface area contributed by atoms with Gasteiger partial charge in [0.15, 0.2) is 12.4 Å². The highest BCUT2D eigenvalue weighted by molar-refractivity contribution is 6.18. The van der Waals surface area contributed by atoms with Gasteiger partial charge in [0, 0.05) is 0 Å². The minimum Gasteiger partial charge on any atom is -0.0968 e. The van der Waals surface area contributed by atoms with E-state index in [2.05, 4.69) is 23.8 Å². The van der Waals surface area contributed by atoms with Gasteiger partial charge >= 0.3 is 0 Å². The molecule has 1 aliphatic rings. The van der Waals surface area contributed by atoms with Crippen LogP contribution in [0, 0.1) is 12.1 Å². The number of rotatable bonds is 22. The zero-order chi connectivity index (χ0) is 20.8. The van der Waals surface area contributed by atoms with Crippen LogP contribution >= 0.6 is 0 Å². The molecule has 29 heavy (non-hydrogen) atoms. The van der Waals surface area contributed by atoms with Crippen molar-refractivity contribution in [1.29, 1.82) is 0 Å². The van der Waals surface area contributed by atoms with Gasteiger partial charge in [-0.3, -0.25) is 0 Å².